The third-order valence-electron chi connectivity index (χ3n) is 2.55. The van der Waals surface area contributed by atoms with E-state index < -0.39 is 30.0 Å². The highest BCUT2D eigenvalue weighted by atomic mass is 19.2. The summed E-state index contributed by atoms with van der Waals surface area (Å²) in [4.78, 5) is 11.6. The van der Waals surface area contributed by atoms with Crippen molar-refractivity contribution in [1.82, 2.24) is 0 Å². The molecule has 7 heteroatoms. The van der Waals surface area contributed by atoms with Gasteiger partial charge in [0.1, 0.15) is 5.75 Å². The standard InChI is InChI=1S/C14H11F3N2O2/c15-9-5-8(6-10(16)14(9)17)19-13(20)7-21-12-4-2-1-3-11(12)18/h1-6H,7,18H2,(H,19,20). The molecule has 0 aliphatic heterocycles. The maximum absolute atomic E-state index is 13.0. The van der Waals surface area contributed by atoms with Gasteiger partial charge >= 0.3 is 0 Å². The molecule has 3 N–H and O–H groups in total. The molecule has 0 fully saturated rings. The van der Waals surface area contributed by atoms with E-state index >= 15 is 0 Å². The van der Waals surface area contributed by atoms with Crippen molar-refractivity contribution in [3.05, 3.63) is 53.8 Å². The van der Waals surface area contributed by atoms with Crippen molar-refractivity contribution in [1.29, 1.82) is 0 Å². The van der Waals surface area contributed by atoms with E-state index in [1.165, 1.54) is 0 Å². The van der Waals surface area contributed by atoms with E-state index in [-0.39, 0.29) is 5.69 Å². The van der Waals surface area contributed by atoms with Crippen molar-refractivity contribution in [2.75, 3.05) is 17.7 Å². The van der Waals surface area contributed by atoms with E-state index in [4.69, 9.17) is 10.5 Å². The second kappa shape index (κ2) is 6.17. The minimum atomic E-state index is -1.60. The van der Waals surface area contributed by atoms with Gasteiger partial charge in [0.05, 0.1) is 5.69 Å². The maximum Gasteiger partial charge on any atom is 0.262 e. The van der Waals surface area contributed by atoms with Crippen LogP contribution in [0, 0.1) is 17.5 Å². The third kappa shape index (κ3) is 3.65. The van der Waals surface area contributed by atoms with Crippen LogP contribution in [0.25, 0.3) is 0 Å². The molecule has 4 nitrogen and oxygen atoms in total. The minimum Gasteiger partial charge on any atom is -0.482 e. The number of nitrogen functional groups attached to an aromatic ring is 1. The lowest BCUT2D eigenvalue weighted by molar-refractivity contribution is -0.118. The van der Waals surface area contributed by atoms with Gasteiger partial charge in [-0.1, -0.05) is 12.1 Å². The first-order valence-electron chi connectivity index (χ1n) is 5.89. The summed E-state index contributed by atoms with van der Waals surface area (Å²) in [5, 5.41) is 2.19. The van der Waals surface area contributed by atoms with E-state index in [1.807, 2.05) is 0 Å². The number of hydrogen-bond donors (Lipinski definition) is 2. The second-order valence-electron chi connectivity index (χ2n) is 4.13. The zero-order valence-corrected chi connectivity index (χ0v) is 10.7. The molecule has 0 aromatic heterocycles. The average Bonchev–Trinajstić information content (AvgIpc) is 2.44. The first-order valence-corrected chi connectivity index (χ1v) is 5.89. The molecule has 2 aromatic rings. The molecule has 2 aromatic carbocycles. The van der Waals surface area contributed by atoms with Crippen molar-refractivity contribution >= 4 is 17.3 Å². The molecular weight excluding hydrogens is 285 g/mol. The number of amides is 1. The highest BCUT2D eigenvalue weighted by Gasteiger charge is 2.12. The number of nitrogens with two attached hydrogens (primary N) is 1. The van der Waals surface area contributed by atoms with E-state index in [9.17, 15) is 18.0 Å². The summed E-state index contributed by atoms with van der Waals surface area (Å²) in [7, 11) is 0. The van der Waals surface area contributed by atoms with Crippen LogP contribution < -0.4 is 15.8 Å². The number of hydrogen-bond acceptors (Lipinski definition) is 3. The molecule has 110 valence electrons. The predicted octanol–water partition coefficient (Wildman–Crippen LogP) is 2.70. The van der Waals surface area contributed by atoms with Crippen LogP contribution >= 0.6 is 0 Å². The number of anilines is 2. The molecule has 0 bridgehead atoms. The number of carbonyl (C=O) groups excluding carboxylic acids is 1. The van der Waals surface area contributed by atoms with Crippen LogP contribution in [0.3, 0.4) is 0 Å². The number of carbonyl (C=O) groups is 1. The fraction of sp³-hybridized carbons (Fsp3) is 0.0714. The quantitative estimate of drug-likeness (QED) is 0.673. The van der Waals surface area contributed by atoms with Crippen molar-refractivity contribution < 1.29 is 22.7 Å². The largest absolute Gasteiger partial charge is 0.482 e. The molecular formula is C14H11F3N2O2. The highest BCUT2D eigenvalue weighted by Crippen LogP contribution is 2.20. The zero-order valence-electron chi connectivity index (χ0n) is 10.7. The van der Waals surface area contributed by atoms with Gasteiger partial charge in [-0.15, -0.1) is 0 Å². The van der Waals surface area contributed by atoms with Gasteiger partial charge in [0.2, 0.25) is 0 Å². The number of benzene rings is 2. The molecule has 0 aliphatic rings. The van der Waals surface area contributed by atoms with Crippen molar-refractivity contribution in [2.24, 2.45) is 0 Å². The second-order valence-corrected chi connectivity index (χ2v) is 4.13. The zero-order chi connectivity index (χ0) is 15.4. The Bertz CT molecular complexity index is 654. The molecule has 0 aliphatic carbocycles. The Morgan fingerprint density at radius 2 is 1.76 bits per heavy atom. The van der Waals surface area contributed by atoms with Gasteiger partial charge in [0.25, 0.3) is 5.91 Å². The van der Waals surface area contributed by atoms with Crippen molar-refractivity contribution in [3.8, 4) is 5.75 Å². The summed E-state index contributed by atoms with van der Waals surface area (Å²) < 4.78 is 43.9. The summed E-state index contributed by atoms with van der Waals surface area (Å²) in [6.07, 6.45) is 0. The minimum absolute atomic E-state index is 0.207. The topological polar surface area (TPSA) is 64.3 Å². The fourth-order valence-electron chi connectivity index (χ4n) is 1.58. The van der Waals surface area contributed by atoms with Gasteiger partial charge in [0.15, 0.2) is 24.1 Å². The summed E-state index contributed by atoms with van der Waals surface area (Å²) in [5.74, 6) is -4.73. The Morgan fingerprint density at radius 3 is 2.38 bits per heavy atom. The number of halogens is 3. The molecule has 0 heterocycles. The number of nitrogens with one attached hydrogen (secondary N) is 1. The lowest BCUT2D eigenvalue weighted by Gasteiger charge is -2.09. The van der Waals surface area contributed by atoms with Gasteiger partial charge in [-0.25, -0.2) is 13.2 Å². The molecule has 0 saturated heterocycles. The van der Waals surface area contributed by atoms with Crippen LogP contribution in [0.2, 0.25) is 0 Å². The van der Waals surface area contributed by atoms with Crippen LogP contribution in [0.4, 0.5) is 24.5 Å². The monoisotopic (exact) mass is 296 g/mol. The molecule has 0 saturated carbocycles. The molecule has 2 rings (SSSR count). The Labute approximate surface area is 118 Å². The summed E-state index contributed by atoms with van der Waals surface area (Å²) in [5.41, 5.74) is 5.76. The average molecular weight is 296 g/mol. The van der Waals surface area contributed by atoms with Crippen LogP contribution in [0.15, 0.2) is 36.4 Å². The summed E-state index contributed by atoms with van der Waals surface area (Å²) in [6.45, 7) is -0.408. The van der Waals surface area contributed by atoms with Gasteiger partial charge in [-0.3, -0.25) is 4.79 Å². The van der Waals surface area contributed by atoms with Crippen LogP contribution in [-0.2, 0) is 4.79 Å². The third-order valence-corrected chi connectivity index (χ3v) is 2.55. The molecule has 21 heavy (non-hydrogen) atoms. The van der Waals surface area contributed by atoms with Crippen LogP contribution in [-0.4, -0.2) is 12.5 Å². The van der Waals surface area contributed by atoms with Gasteiger partial charge in [0, 0.05) is 17.8 Å². The van der Waals surface area contributed by atoms with Gasteiger partial charge < -0.3 is 15.8 Å². The summed E-state index contributed by atoms with van der Waals surface area (Å²) in [6, 6.07) is 7.89. The van der Waals surface area contributed by atoms with Gasteiger partial charge in [-0.05, 0) is 12.1 Å². The van der Waals surface area contributed by atoms with Gasteiger partial charge in [-0.2, -0.15) is 0 Å². The Kier molecular flexibility index (Phi) is 4.32. The number of rotatable bonds is 4. The maximum atomic E-state index is 13.0. The predicted molar refractivity (Wildman–Crippen MR) is 71.3 cm³/mol. The van der Waals surface area contributed by atoms with Crippen LogP contribution in [0.5, 0.6) is 5.75 Å². The Hall–Kier alpha value is -2.70. The smallest absolute Gasteiger partial charge is 0.262 e. The normalized spacial score (nSPS) is 10.2. The number of para-hydroxylation sites is 2. The molecule has 0 spiro atoms. The first-order chi connectivity index (χ1) is 9.97. The van der Waals surface area contributed by atoms with Crippen LogP contribution in [0.1, 0.15) is 0 Å². The molecule has 0 unspecified atom stereocenters. The highest BCUT2D eigenvalue weighted by molar-refractivity contribution is 5.91. The first kappa shape index (κ1) is 14.7. The van der Waals surface area contributed by atoms with Crippen molar-refractivity contribution in [3.63, 3.8) is 0 Å². The fourth-order valence-corrected chi connectivity index (χ4v) is 1.58. The number of ether oxygens (including phenoxy) is 1. The molecule has 0 radical (unpaired) electrons. The van der Waals surface area contributed by atoms with E-state index in [0.717, 1.165) is 0 Å². The van der Waals surface area contributed by atoms with Crippen molar-refractivity contribution in [2.45, 2.75) is 0 Å². The summed E-state index contributed by atoms with van der Waals surface area (Å²) >= 11 is 0. The lowest BCUT2D eigenvalue weighted by atomic mass is 10.3. The Balaban J connectivity index is 1.98. The molecule has 1 amide bonds. The Morgan fingerprint density at radius 1 is 1.14 bits per heavy atom. The SMILES string of the molecule is Nc1ccccc1OCC(=O)Nc1cc(F)c(F)c(F)c1. The van der Waals surface area contributed by atoms with E-state index in [0.29, 0.717) is 23.6 Å². The lowest BCUT2D eigenvalue weighted by Crippen LogP contribution is -2.20. The molecule has 0 atom stereocenters. The van der Waals surface area contributed by atoms with E-state index in [2.05, 4.69) is 5.32 Å². The van der Waals surface area contributed by atoms with E-state index in [1.54, 1.807) is 24.3 Å².